The maximum absolute atomic E-state index is 12.6. The van der Waals surface area contributed by atoms with Gasteiger partial charge in [0.25, 0.3) is 0 Å². The van der Waals surface area contributed by atoms with Crippen molar-refractivity contribution in [2.45, 2.75) is 12.2 Å². The molecule has 1 aromatic rings. The Morgan fingerprint density at radius 2 is 1.85 bits per heavy atom. The SMILES string of the molecule is FC(F)(F)c1cccc(N2CC(N3CCSCC3)C2)n1. The molecule has 0 radical (unpaired) electrons. The quantitative estimate of drug-likeness (QED) is 0.835. The van der Waals surface area contributed by atoms with E-state index >= 15 is 0 Å². The van der Waals surface area contributed by atoms with E-state index in [1.54, 1.807) is 6.07 Å². The molecule has 0 aromatic carbocycles. The summed E-state index contributed by atoms with van der Waals surface area (Å²) in [7, 11) is 0. The van der Waals surface area contributed by atoms with E-state index in [0.717, 1.165) is 43.8 Å². The molecule has 0 amide bonds. The molecule has 3 nitrogen and oxygen atoms in total. The second-order valence-electron chi connectivity index (χ2n) is 5.09. The number of halogens is 3. The maximum Gasteiger partial charge on any atom is 0.433 e. The Balaban J connectivity index is 1.62. The molecule has 2 aliphatic heterocycles. The van der Waals surface area contributed by atoms with Crippen LogP contribution in [-0.4, -0.2) is 53.6 Å². The zero-order chi connectivity index (χ0) is 14.2. The average Bonchev–Trinajstić information content (AvgIpc) is 2.38. The van der Waals surface area contributed by atoms with E-state index in [4.69, 9.17) is 0 Å². The van der Waals surface area contributed by atoms with Gasteiger partial charge in [-0.3, -0.25) is 4.90 Å². The number of rotatable bonds is 2. The first-order chi connectivity index (χ1) is 9.54. The van der Waals surface area contributed by atoms with Crippen LogP contribution in [0.4, 0.5) is 19.0 Å². The lowest BCUT2D eigenvalue weighted by Gasteiger charge is -2.47. The van der Waals surface area contributed by atoms with E-state index in [1.807, 2.05) is 16.7 Å². The van der Waals surface area contributed by atoms with Gasteiger partial charge in [0.1, 0.15) is 11.5 Å². The molecule has 2 fully saturated rings. The third-order valence-corrected chi connectivity index (χ3v) is 4.72. The summed E-state index contributed by atoms with van der Waals surface area (Å²) in [6.07, 6.45) is -4.37. The van der Waals surface area contributed by atoms with Gasteiger partial charge in [0.2, 0.25) is 0 Å². The summed E-state index contributed by atoms with van der Waals surface area (Å²) >= 11 is 1.96. The predicted octanol–water partition coefficient (Wildman–Crippen LogP) is 2.34. The van der Waals surface area contributed by atoms with Crippen LogP contribution in [0.3, 0.4) is 0 Å². The largest absolute Gasteiger partial charge is 0.433 e. The fourth-order valence-electron chi connectivity index (χ4n) is 2.57. The van der Waals surface area contributed by atoms with Gasteiger partial charge in [0, 0.05) is 43.7 Å². The second kappa shape index (κ2) is 5.44. The molecule has 2 aliphatic rings. The van der Waals surface area contributed by atoms with Gasteiger partial charge < -0.3 is 4.90 Å². The van der Waals surface area contributed by atoms with Crippen LogP contribution >= 0.6 is 11.8 Å². The van der Waals surface area contributed by atoms with E-state index in [2.05, 4.69) is 9.88 Å². The second-order valence-corrected chi connectivity index (χ2v) is 6.31. The smallest absolute Gasteiger partial charge is 0.353 e. The van der Waals surface area contributed by atoms with E-state index in [-0.39, 0.29) is 0 Å². The molecule has 0 spiro atoms. The number of alkyl halides is 3. The van der Waals surface area contributed by atoms with Gasteiger partial charge in [-0.25, -0.2) is 4.98 Å². The van der Waals surface area contributed by atoms with Crippen LogP contribution in [-0.2, 0) is 6.18 Å². The lowest BCUT2D eigenvalue weighted by atomic mass is 10.1. The Kier molecular flexibility index (Phi) is 3.81. The van der Waals surface area contributed by atoms with Crippen molar-refractivity contribution >= 4 is 17.6 Å². The first-order valence-corrected chi connectivity index (χ1v) is 7.80. The van der Waals surface area contributed by atoms with E-state index in [1.165, 1.54) is 6.07 Å². The van der Waals surface area contributed by atoms with Gasteiger partial charge in [0.05, 0.1) is 0 Å². The Hall–Kier alpha value is -0.950. The zero-order valence-corrected chi connectivity index (χ0v) is 11.8. The van der Waals surface area contributed by atoms with Crippen LogP contribution in [0.25, 0.3) is 0 Å². The van der Waals surface area contributed by atoms with E-state index in [0.29, 0.717) is 11.9 Å². The third-order valence-electron chi connectivity index (χ3n) is 3.77. The molecule has 3 heterocycles. The Bertz CT molecular complexity index is 468. The minimum absolute atomic E-state index is 0.433. The molecule has 2 saturated heterocycles. The molecule has 1 aromatic heterocycles. The van der Waals surface area contributed by atoms with E-state index < -0.39 is 11.9 Å². The van der Waals surface area contributed by atoms with Gasteiger partial charge in [0.15, 0.2) is 0 Å². The minimum atomic E-state index is -4.37. The van der Waals surface area contributed by atoms with Crippen LogP contribution in [0.1, 0.15) is 5.69 Å². The summed E-state index contributed by atoms with van der Waals surface area (Å²) in [6.45, 7) is 3.72. The standard InChI is InChI=1S/C13H16F3N3S/c14-13(15,16)11-2-1-3-12(17-11)19-8-10(9-19)18-4-6-20-7-5-18/h1-3,10H,4-9H2. The highest BCUT2D eigenvalue weighted by Crippen LogP contribution is 2.30. The predicted molar refractivity (Wildman–Crippen MR) is 74.1 cm³/mol. The Labute approximate surface area is 120 Å². The molecular weight excluding hydrogens is 287 g/mol. The van der Waals surface area contributed by atoms with Crippen LogP contribution in [0, 0.1) is 0 Å². The molecule has 110 valence electrons. The fourth-order valence-corrected chi connectivity index (χ4v) is 3.50. The van der Waals surface area contributed by atoms with Crippen molar-refractivity contribution in [1.82, 2.24) is 9.88 Å². The average molecular weight is 303 g/mol. The van der Waals surface area contributed by atoms with Crippen LogP contribution in [0.2, 0.25) is 0 Å². The number of hydrogen-bond donors (Lipinski definition) is 0. The normalized spacial score (nSPS) is 21.9. The number of pyridine rings is 1. The highest BCUT2D eigenvalue weighted by molar-refractivity contribution is 7.99. The molecule has 0 bridgehead atoms. The monoisotopic (exact) mass is 303 g/mol. The number of thioether (sulfide) groups is 1. The van der Waals surface area contributed by atoms with Crippen LogP contribution < -0.4 is 4.90 Å². The van der Waals surface area contributed by atoms with E-state index in [9.17, 15) is 13.2 Å². The first-order valence-electron chi connectivity index (χ1n) is 6.65. The van der Waals surface area contributed by atoms with Gasteiger partial charge in [-0.2, -0.15) is 24.9 Å². The minimum Gasteiger partial charge on any atom is -0.353 e. The molecule has 20 heavy (non-hydrogen) atoms. The summed E-state index contributed by atoms with van der Waals surface area (Å²) in [6, 6.07) is 4.56. The lowest BCUT2D eigenvalue weighted by Crippen LogP contribution is -2.61. The topological polar surface area (TPSA) is 19.4 Å². The van der Waals surface area contributed by atoms with Crippen molar-refractivity contribution in [3.8, 4) is 0 Å². The number of hydrogen-bond acceptors (Lipinski definition) is 4. The molecule has 0 atom stereocenters. The molecule has 0 unspecified atom stereocenters. The van der Waals surface area contributed by atoms with Gasteiger partial charge in [-0.05, 0) is 12.1 Å². The summed E-state index contributed by atoms with van der Waals surface area (Å²) < 4.78 is 37.9. The highest BCUT2D eigenvalue weighted by Gasteiger charge is 2.36. The highest BCUT2D eigenvalue weighted by atomic mass is 32.2. The summed E-state index contributed by atoms with van der Waals surface area (Å²) in [5.74, 6) is 2.74. The molecular formula is C13H16F3N3S. The van der Waals surface area contributed by atoms with Crippen molar-refractivity contribution in [3.63, 3.8) is 0 Å². The Morgan fingerprint density at radius 3 is 2.50 bits per heavy atom. The van der Waals surface area contributed by atoms with Crippen molar-refractivity contribution in [1.29, 1.82) is 0 Å². The van der Waals surface area contributed by atoms with Crippen molar-refractivity contribution in [2.75, 3.05) is 42.6 Å². The van der Waals surface area contributed by atoms with Gasteiger partial charge >= 0.3 is 6.18 Å². The molecule has 0 saturated carbocycles. The number of aromatic nitrogens is 1. The summed E-state index contributed by atoms with van der Waals surface area (Å²) in [5, 5.41) is 0. The third kappa shape index (κ3) is 2.88. The van der Waals surface area contributed by atoms with Gasteiger partial charge in [-0.15, -0.1) is 0 Å². The number of nitrogens with zero attached hydrogens (tertiary/aromatic N) is 3. The zero-order valence-electron chi connectivity index (χ0n) is 10.9. The lowest BCUT2D eigenvalue weighted by molar-refractivity contribution is -0.141. The van der Waals surface area contributed by atoms with Crippen LogP contribution in [0.5, 0.6) is 0 Å². The summed E-state index contributed by atoms with van der Waals surface area (Å²) in [4.78, 5) is 8.07. The Morgan fingerprint density at radius 1 is 1.15 bits per heavy atom. The molecule has 0 N–H and O–H groups in total. The van der Waals surface area contributed by atoms with Crippen molar-refractivity contribution < 1.29 is 13.2 Å². The molecule has 0 aliphatic carbocycles. The van der Waals surface area contributed by atoms with Crippen LogP contribution in [0.15, 0.2) is 18.2 Å². The maximum atomic E-state index is 12.6. The first kappa shape index (κ1) is 14.0. The molecule has 7 heteroatoms. The fraction of sp³-hybridized carbons (Fsp3) is 0.615. The molecule has 3 rings (SSSR count). The van der Waals surface area contributed by atoms with Crippen molar-refractivity contribution in [2.24, 2.45) is 0 Å². The van der Waals surface area contributed by atoms with Gasteiger partial charge in [-0.1, -0.05) is 6.07 Å². The number of anilines is 1. The summed E-state index contributed by atoms with van der Waals surface area (Å²) in [5.41, 5.74) is -0.812. The van der Waals surface area contributed by atoms with Crippen molar-refractivity contribution in [3.05, 3.63) is 23.9 Å².